The molecule has 1 aromatic heterocycles. The van der Waals surface area contributed by atoms with E-state index >= 15 is 0 Å². The Hall–Kier alpha value is -3.36. The lowest BCUT2D eigenvalue weighted by Crippen LogP contribution is -2.26. The first-order chi connectivity index (χ1) is 18.1. The Kier molecular flexibility index (Phi) is 9.57. The highest BCUT2D eigenvalue weighted by Gasteiger charge is 2.18. The van der Waals surface area contributed by atoms with Gasteiger partial charge in [0.1, 0.15) is 40.5 Å². The van der Waals surface area contributed by atoms with Gasteiger partial charge in [-0.15, -0.1) is 0 Å². The minimum absolute atomic E-state index is 0.0331. The average Bonchev–Trinajstić information content (AvgIpc) is 2.94. The van der Waals surface area contributed by atoms with Gasteiger partial charge in [-0.25, -0.2) is 18.9 Å². The monoisotopic (exact) mass is 522 g/mol. The highest BCUT2D eigenvalue weighted by Crippen LogP contribution is 2.28. The Bertz CT molecular complexity index is 1270. The van der Waals surface area contributed by atoms with Crippen molar-refractivity contribution in [2.45, 2.75) is 36.7 Å². The summed E-state index contributed by atoms with van der Waals surface area (Å²) in [7, 11) is 0.0867. The van der Waals surface area contributed by atoms with Gasteiger partial charge in [0.2, 0.25) is 0 Å². The van der Waals surface area contributed by atoms with E-state index in [2.05, 4.69) is 15.8 Å². The molecule has 1 aliphatic rings. The lowest BCUT2D eigenvalue weighted by molar-refractivity contribution is 0.0254. The quantitative estimate of drug-likeness (QED) is 0.368. The van der Waals surface area contributed by atoms with Crippen molar-refractivity contribution in [3.63, 3.8) is 0 Å². The molecule has 0 radical (unpaired) electrons. The third-order valence-corrected chi connectivity index (χ3v) is 7.12. The normalized spacial score (nSPS) is 14.6. The van der Waals surface area contributed by atoms with Crippen LogP contribution in [0.4, 0.5) is 0 Å². The van der Waals surface area contributed by atoms with Gasteiger partial charge < -0.3 is 19.3 Å². The number of aliphatic hydroxyl groups is 1. The molecule has 0 amide bonds. The summed E-state index contributed by atoms with van der Waals surface area (Å²) in [6.07, 6.45) is 4.33. The zero-order chi connectivity index (χ0) is 26.0. The number of nitrogens with zero attached hydrogens (tertiary/aromatic N) is 3. The van der Waals surface area contributed by atoms with Crippen LogP contribution in [0.15, 0.2) is 53.6 Å². The van der Waals surface area contributed by atoms with Gasteiger partial charge in [0.05, 0.1) is 36.5 Å². The lowest BCUT2D eigenvalue weighted by Gasteiger charge is -2.23. The van der Waals surface area contributed by atoms with Crippen LogP contribution in [0.25, 0.3) is 11.3 Å². The molecule has 2 aromatic carbocycles. The highest BCUT2D eigenvalue weighted by atomic mass is 32.2. The van der Waals surface area contributed by atoms with Crippen LogP contribution in [0.1, 0.15) is 36.2 Å². The molecule has 1 atom stereocenters. The SMILES string of the molecule is COc1cc(Cc2nccc(-c3ccc(OC4CCOCC4)c(C#N)c3)n2)ccc1S(=O)NCCCO. The number of nitriles is 1. The van der Waals surface area contributed by atoms with Gasteiger partial charge in [-0.2, -0.15) is 5.26 Å². The molecule has 194 valence electrons. The third kappa shape index (κ3) is 7.11. The Labute approximate surface area is 219 Å². The molecular weight excluding hydrogens is 492 g/mol. The summed E-state index contributed by atoms with van der Waals surface area (Å²) in [6, 6.07) is 15.0. The van der Waals surface area contributed by atoms with Crippen LogP contribution < -0.4 is 14.2 Å². The van der Waals surface area contributed by atoms with Crippen molar-refractivity contribution in [2.75, 3.05) is 33.5 Å². The molecule has 1 aliphatic heterocycles. The average molecular weight is 523 g/mol. The third-order valence-electron chi connectivity index (χ3n) is 5.92. The van der Waals surface area contributed by atoms with Gasteiger partial charge in [-0.1, -0.05) is 6.07 Å². The van der Waals surface area contributed by atoms with Crippen LogP contribution in [0.5, 0.6) is 11.5 Å². The summed E-state index contributed by atoms with van der Waals surface area (Å²) in [5, 5.41) is 18.6. The predicted octanol–water partition coefficient (Wildman–Crippen LogP) is 3.17. The number of hydrogen-bond donors (Lipinski definition) is 2. The van der Waals surface area contributed by atoms with E-state index in [-0.39, 0.29) is 12.7 Å². The molecule has 1 unspecified atom stereocenters. The van der Waals surface area contributed by atoms with Crippen LogP contribution in [0.3, 0.4) is 0 Å². The maximum Gasteiger partial charge on any atom is 0.137 e. The molecule has 0 saturated carbocycles. The van der Waals surface area contributed by atoms with Gasteiger partial charge in [-0.05, 0) is 48.4 Å². The number of aromatic nitrogens is 2. The van der Waals surface area contributed by atoms with Crippen LogP contribution in [0, 0.1) is 11.3 Å². The fourth-order valence-corrected chi connectivity index (χ4v) is 4.98. The molecule has 1 saturated heterocycles. The van der Waals surface area contributed by atoms with Crippen LogP contribution in [0.2, 0.25) is 0 Å². The number of benzene rings is 2. The zero-order valence-electron chi connectivity index (χ0n) is 20.7. The molecule has 9 nitrogen and oxygen atoms in total. The fraction of sp³-hybridized carbons (Fsp3) is 0.370. The largest absolute Gasteiger partial charge is 0.495 e. The second kappa shape index (κ2) is 13.3. The zero-order valence-corrected chi connectivity index (χ0v) is 21.5. The number of ether oxygens (including phenoxy) is 3. The summed E-state index contributed by atoms with van der Waals surface area (Å²) in [4.78, 5) is 9.65. The summed E-state index contributed by atoms with van der Waals surface area (Å²) in [5.41, 5.74) is 2.88. The lowest BCUT2D eigenvalue weighted by atomic mass is 10.1. The van der Waals surface area contributed by atoms with E-state index in [1.54, 1.807) is 18.3 Å². The second-order valence-electron chi connectivity index (χ2n) is 8.51. The van der Waals surface area contributed by atoms with Crippen molar-refractivity contribution in [3.8, 4) is 28.8 Å². The van der Waals surface area contributed by atoms with Gasteiger partial charge in [0, 0.05) is 44.2 Å². The van der Waals surface area contributed by atoms with E-state index in [0.717, 1.165) is 24.0 Å². The minimum atomic E-state index is -1.45. The van der Waals surface area contributed by atoms with Crippen LogP contribution >= 0.6 is 0 Å². The van der Waals surface area contributed by atoms with E-state index in [4.69, 9.17) is 24.3 Å². The van der Waals surface area contributed by atoms with E-state index in [1.807, 2.05) is 30.3 Å². The van der Waals surface area contributed by atoms with Crippen molar-refractivity contribution >= 4 is 11.0 Å². The summed E-state index contributed by atoms with van der Waals surface area (Å²) in [5.74, 6) is 1.68. The molecule has 1 fully saturated rings. The molecule has 0 bridgehead atoms. The van der Waals surface area contributed by atoms with Gasteiger partial charge in [-0.3, -0.25) is 0 Å². The Morgan fingerprint density at radius 2 is 2.03 bits per heavy atom. The van der Waals surface area contributed by atoms with Gasteiger partial charge >= 0.3 is 0 Å². The van der Waals surface area contributed by atoms with Crippen molar-refractivity contribution < 1.29 is 23.5 Å². The Balaban J connectivity index is 1.49. The number of methoxy groups -OCH3 is 1. The standard InChI is InChI=1S/C27H30N4O5S/c1-34-25-15-19(3-6-26(25)37(33)30-10-2-12-32)16-27-29-11-7-23(31-27)20-4-5-24(21(17-20)18-28)36-22-8-13-35-14-9-22/h3-7,11,15,17,22,30,32H,2,8-10,12-14,16H2,1H3. The predicted molar refractivity (Wildman–Crippen MR) is 139 cm³/mol. The first kappa shape index (κ1) is 26.7. The van der Waals surface area contributed by atoms with Crippen molar-refractivity contribution in [1.29, 1.82) is 5.26 Å². The summed E-state index contributed by atoms with van der Waals surface area (Å²) >= 11 is 0. The first-order valence-electron chi connectivity index (χ1n) is 12.1. The smallest absolute Gasteiger partial charge is 0.137 e. The second-order valence-corrected chi connectivity index (χ2v) is 9.78. The van der Waals surface area contributed by atoms with Gasteiger partial charge in [0.15, 0.2) is 0 Å². The van der Waals surface area contributed by atoms with Crippen molar-refractivity contribution in [2.24, 2.45) is 0 Å². The van der Waals surface area contributed by atoms with Crippen LogP contribution in [-0.2, 0) is 22.1 Å². The summed E-state index contributed by atoms with van der Waals surface area (Å²) in [6.45, 7) is 1.81. The molecule has 3 aromatic rings. The molecule has 4 rings (SSSR count). The van der Waals surface area contributed by atoms with Crippen LogP contribution in [-0.4, -0.2) is 58.9 Å². The van der Waals surface area contributed by atoms with Gasteiger partial charge in [0.25, 0.3) is 0 Å². The molecule has 37 heavy (non-hydrogen) atoms. The molecule has 2 heterocycles. The summed E-state index contributed by atoms with van der Waals surface area (Å²) < 4.78 is 32.3. The maximum absolute atomic E-state index is 12.5. The number of aliphatic hydroxyl groups excluding tert-OH is 1. The van der Waals surface area contributed by atoms with E-state index in [1.165, 1.54) is 7.11 Å². The number of hydrogen-bond acceptors (Lipinski definition) is 8. The molecule has 0 aliphatic carbocycles. The fourth-order valence-electron chi connectivity index (χ4n) is 3.98. The topological polar surface area (TPSA) is 127 Å². The molecule has 10 heteroatoms. The minimum Gasteiger partial charge on any atom is -0.495 e. The Morgan fingerprint density at radius 1 is 1.19 bits per heavy atom. The molecular formula is C27H30N4O5S. The number of rotatable bonds is 11. The first-order valence-corrected chi connectivity index (χ1v) is 13.3. The van der Waals surface area contributed by atoms with Crippen molar-refractivity contribution in [3.05, 3.63) is 65.6 Å². The van der Waals surface area contributed by atoms with Crippen molar-refractivity contribution in [1.82, 2.24) is 14.7 Å². The highest BCUT2D eigenvalue weighted by molar-refractivity contribution is 7.83. The molecule has 0 spiro atoms. The Morgan fingerprint density at radius 3 is 2.78 bits per heavy atom. The van der Waals surface area contributed by atoms with E-state index in [9.17, 15) is 9.47 Å². The number of nitrogens with one attached hydrogen (secondary N) is 1. The van der Waals surface area contributed by atoms with E-state index in [0.29, 0.717) is 66.1 Å². The maximum atomic E-state index is 12.5. The molecule has 2 N–H and O–H groups in total. The van der Waals surface area contributed by atoms with E-state index < -0.39 is 11.0 Å².